The van der Waals surface area contributed by atoms with Crippen molar-refractivity contribution in [2.75, 3.05) is 13.7 Å². The van der Waals surface area contributed by atoms with Gasteiger partial charge in [-0.3, -0.25) is 4.79 Å². The molecule has 0 heterocycles. The summed E-state index contributed by atoms with van der Waals surface area (Å²) in [5.74, 6) is 0.777. The molecule has 0 fully saturated rings. The molecule has 0 aromatic heterocycles. The summed E-state index contributed by atoms with van der Waals surface area (Å²) in [6, 6.07) is 12.0. The maximum Gasteiger partial charge on any atom is 0.227 e. The van der Waals surface area contributed by atoms with Crippen LogP contribution in [0.5, 0.6) is 5.75 Å². The van der Waals surface area contributed by atoms with Crippen molar-refractivity contribution < 1.29 is 9.53 Å². The highest BCUT2D eigenvalue weighted by Crippen LogP contribution is 2.25. The minimum Gasteiger partial charge on any atom is -0.497 e. The van der Waals surface area contributed by atoms with Gasteiger partial charge in [-0.1, -0.05) is 24.3 Å². The minimum atomic E-state index is -0.133. The Morgan fingerprint density at radius 1 is 1.21 bits per heavy atom. The molecular weight excluding hydrogens is 238 g/mol. The standard InChI is InChI=1S/C16H19NO2/c1-4-17-16(18)11(2)12-5-6-14-10-15(19-3)8-7-13(14)9-12/h5-11H,4H2,1-3H3,(H,17,18). The Labute approximate surface area is 113 Å². The van der Waals surface area contributed by atoms with Crippen LogP contribution in [0.25, 0.3) is 10.8 Å². The Morgan fingerprint density at radius 2 is 1.89 bits per heavy atom. The molecule has 0 aliphatic carbocycles. The molecule has 0 saturated heterocycles. The van der Waals surface area contributed by atoms with Gasteiger partial charge in [-0.25, -0.2) is 0 Å². The number of nitrogens with one attached hydrogen (secondary N) is 1. The predicted molar refractivity (Wildman–Crippen MR) is 77.6 cm³/mol. The Balaban J connectivity index is 2.33. The molecule has 1 unspecified atom stereocenters. The largest absolute Gasteiger partial charge is 0.497 e. The lowest BCUT2D eigenvalue weighted by Gasteiger charge is -2.12. The zero-order chi connectivity index (χ0) is 13.8. The van der Waals surface area contributed by atoms with Crippen LogP contribution in [-0.2, 0) is 4.79 Å². The fraction of sp³-hybridized carbons (Fsp3) is 0.312. The molecule has 19 heavy (non-hydrogen) atoms. The third-order valence-corrected chi connectivity index (χ3v) is 3.32. The summed E-state index contributed by atoms with van der Waals surface area (Å²) in [5.41, 5.74) is 1.03. The second-order valence-electron chi connectivity index (χ2n) is 4.59. The SMILES string of the molecule is CCNC(=O)C(C)c1ccc2cc(OC)ccc2c1. The number of fused-ring (bicyclic) bond motifs is 1. The highest BCUT2D eigenvalue weighted by atomic mass is 16.5. The number of benzene rings is 2. The van der Waals surface area contributed by atoms with Gasteiger partial charge < -0.3 is 10.1 Å². The van der Waals surface area contributed by atoms with Gasteiger partial charge in [0.2, 0.25) is 5.91 Å². The van der Waals surface area contributed by atoms with Gasteiger partial charge >= 0.3 is 0 Å². The van der Waals surface area contributed by atoms with E-state index in [4.69, 9.17) is 4.74 Å². The van der Waals surface area contributed by atoms with Crippen LogP contribution < -0.4 is 10.1 Å². The van der Waals surface area contributed by atoms with Crippen molar-refractivity contribution >= 4 is 16.7 Å². The van der Waals surface area contributed by atoms with Crippen LogP contribution in [0.4, 0.5) is 0 Å². The third kappa shape index (κ3) is 2.87. The maximum absolute atomic E-state index is 11.8. The Kier molecular flexibility index (Phi) is 4.05. The second-order valence-corrected chi connectivity index (χ2v) is 4.59. The van der Waals surface area contributed by atoms with Gasteiger partial charge in [-0.05, 0) is 42.3 Å². The highest BCUT2D eigenvalue weighted by molar-refractivity contribution is 5.88. The molecule has 3 heteroatoms. The van der Waals surface area contributed by atoms with Crippen LogP contribution in [0.3, 0.4) is 0 Å². The van der Waals surface area contributed by atoms with E-state index in [9.17, 15) is 4.79 Å². The van der Waals surface area contributed by atoms with Crippen molar-refractivity contribution in [2.24, 2.45) is 0 Å². The fourth-order valence-electron chi connectivity index (χ4n) is 2.12. The van der Waals surface area contributed by atoms with Crippen LogP contribution in [0.1, 0.15) is 25.3 Å². The first kappa shape index (κ1) is 13.4. The summed E-state index contributed by atoms with van der Waals surface area (Å²) >= 11 is 0. The van der Waals surface area contributed by atoms with Crippen molar-refractivity contribution in [1.82, 2.24) is 5.32 Å². The van der Waals surface area contributed by atoms with E-state index in [2.05, 4.69) is 11.4 Å². The summed E-state index contributed by atoms with van der Waals surface area (Å²) < 4.78 is 5.21. The molecule has 2 aromatic rings. The molecule has 1 amide bonds. The van der Waals surface area contributed by atoms with E-state index in [0.29, 0.717) is 6.54 Å². The summed E-state index contributed by atoms with van der Waals surface area (Å²) in [7, 11) is 1.66. The van der Waals surface area contributed by atoms with Crippen molar-refractivity contribution in [2.45, 2.75) is 19.8 Å². The van der Waals surface area contributed by atoms with E-state index >= 15 is 0 Å². The monoisotopic (exact) mass is 257 g/mol. The lowest BCUT2D eigenvalue weighted by molar-refractivity contribution is -0.122. The average Bonchev–Trinajstić information content (AvgIpc) is 2.45. The number of likely N-dealkylation sites (N-methyl/N-ethyl adjacent to an activating group) is 1. The average molecular weight is 257 g/mol. The third-order valence-electron chi connectivity index (χ3n) is 3.32. The second kappa shape index (κ2) is 5.74. The molecule has 0 saturated carbocycles. The molecule has 2 rings (SSSR count). The Bertz CT molecular complexity index is 592. The quantitative estimate of drug-likeness (QED) is 0.914. The summed E-state index contributed by atoms with van der Waals surface area (Å²) in [5, 5.41) is 5.09. The topological polar surface area (TPSA) is 38.3 Å². The lowest BCUT2D eigenvalue weighted by atomic mass is 9.97. The number of ether oxygens (including phenoxy) is 1. The summed E-state index contributed by atoms with van der Waals surface area (Å²) in [4.78, 5) is 11.8. The first-order valence-corrected chi connectivity index (χ1v) is 6.51. The molecule has 0 aliphatic rings. The van der Waals surface area contributed by atoms with E-state index in [-0.39, 0.29) is 11.8 Å². The first-order chi connectivity index (χ1) is 9.15. The number of hydrogen-bond donors (Lipinski definition) is 1. The van der Waals surface area contributed by atoms with Crippen molar-refractivity contribution in [3.8, 4) is 5.75 Å². The molecular formula is C16H19NO2. The molecule has 0 aliphatic heterocycles. The van der Waals surface area contributed by atoms with Crippen LogP contribution >= 0.6 is 0 Å². The van der Waals surface area contributed by atoms with Crippen molar-refractivity contribution in [1.29, 1.82) is 0 Å². The Morgan fingerprint density at radius 3 is 2.58 bits per heavy atom. The van der Waals surface area contributed by atoms with Gasteiger partial charge in [0.25, 0.3) is 0 Å². The number of rotatable bonds is 4. The van der Waals surface area contributed by atoms with Crippen molar-refractivity contribution in [3.05, 3.63) is 42.0 Å². The fourth-order valence-corrected chi connectivity index (χ4v) is 2.12. The normalized spacial score (nSPS) is 12.2. The molecule has 0 bridgehead atoms. The number of carbonyl (C=O) groups excluding carboxylic acids is 1. The van der Waals surface area contributed by atoms with E-state index in [1.54, 1.807) is 7.11 Å². The van der Waals surface area contributed by atoms with Gasteiger partial charge in [-0.15, -0.1) is 0 Å². The van der Waals surface area contributed by atoms with E-state index in [1.165, 1.54) is 0 Å². The van der Waals surface area contributed by atoms with Crippen LogP contribution in [0.2, 0.25) is 0 Å². The minimum absolute atomic E-state index is 0.0651. The summed E-state index contributed by atoms with van der Waals surface area (Å²) in [6.45, 7) is 4.51. The number of amides is 1. The molecule has 100 valence electrons. The van der Waals surface area contributed by atoms with Gasteiger partial charge in [0.15, 0.2) is 0 Å². The van der Waals surface area contributed by atoms with Gasteiger partial charge in [-0.2, -0.15) is 0 Å². The van der Waals surface area contributed by atoms with Gasteiger partial charge in [0.1, 0.15) is 5.75 Å². The van der Waals surface area contributed by atoms with Gasteiger partial charge in [0.05, 0.1) is 13.0 Å². The summed E-state index contributed by atoms with van der Waals surface area (Å²) in [6.07, 6.45) is 0. The lowest BCUT2D eigenvalue weighted by Crippen LogP contribution is -2.27. The van der Waals surface area contributed by atoms with E-state index < -0.39 is 0 Å². The Hall–Kier alpha value is -2.03. The molecule has 3 nitrogen and oxygen atoms in total. The maximum atomic E-state index is 11.8. The number of hydrogen-bond acceptors (Lipinski definition) is 2. The van der Waals surface area contributed by atoms with Crippen LogP contribution in [0.15, 0.2) is 36.4 Å². The van der Waals surface area contributed by atoms with E-state index in [1.807, 2.05) is 44.2 Å². The molecule has 2 aromatic carbocycles. The zero-order valence-electron chi connectivity index (χ0n) is 11.6. The molecule has 0 radical (unpaired) electrons. The zero-order valence-corrected chi connectivity index (χ0v) is 11.6. The molecule has 1 N–H and O–H groups in total. The molecule has 0 spiro atoms. The van der Waals surface area contributed by atoms with Crippen LogP contribution in [-0.4, -0.2) is 19.6 Å². The molecule has 1 atom stereocenters. The van der Waals surface area contributed by atoms with Gasteiger partial charge in [0, 0.05) is 6.54 Å². The highest BCUT2D eigenvalue weighted by Gasteiger charge is 2.14. The smallest absolute Gasteiger partial charge is 0.227 e. The first-order valence-electron chi connectivity index (χ1n) is 6.51. The van der Waals surface area contributed by atoms with E-state index in [0.717, 1.165) is 22.1 Å². The van der Waals surface area contributed by atoms with Crippen LogP contribution in [0, 0.1) is 0 Å². The number of methoxy groups -OCH3 is 1. The van der Waals surface area contributed by atoms with Crippen molar-refractivity contribution in [3.63, 3.8) is 0 Å². The predicted octanol–water partition coefficient (Wildman–Crippen LogP) is 3.09. The number of carbonyl (C=O) groups is 1.